The van der Waals surface area contributed by atoms with Crippen molar-refractivity contribution in [3.63, 3.8) is 0 Å². The van der Waals surface area contributed by atoms with Crippen molar-refractivity contribution in [2.45, 2.75) is 6.92 Å². The third kappa shape index (κ3) is 3.01. The molecule has 0 fully saturated rings. The Hall–Kier alpha value is -1.82. The number of nitrogens with one attached hydrogen (secondary N) is 1. The predicted molar refractivity (Wildman–Crippen MR) is 85.8 cm³/mol. The standard InChI is InChI=1S/C14H17BrN4O/c1-3-17-13(20)8-19(2)14-10-6-9(15)4-5-12(10)18-7-11(14)16/h4-7H,3,8,16H2,1-2H3,(H,17,20). The molecule has 0 bridgehead atoms. The lowest BCUT2D eigenvalue weighted by Crippen LogP contribution is -2.35. The van der Waals surface area contributed by atoms with Gasteiger partial charge in [-0.2, -0.15) is 0 Å². The Morgan fingerprint density at radius 2 is 2.25 bits per heavy atom. The molecule has 0 saturated heterocycles. The maximum Gasteiger partial charge on any atom is 0.239 e. The van der Waals surface area contributed by atoms with E-state index in [1.165, 1.54) is 0 Å². The third-order valence-corrected chi connectivity index (χ3v) is 3.46. The van der Waals surface area contributed by atoms with Crippen molar-refractivity contribution in [1.82, 2.24) is 10.3 Å². The number of hydrogen-bond acceptors (Lipinski definition) is 4. The molecule has 106 valence electrons. The largest absolute Gasteiger partial charge is 0.396 e. The minimum Gasteiger partial charge on any atom is -0.396 e. The fourth-order valence-electron chi connectivity index (χ4n) is 2.14. The molecule has 0 aliphatic carbocycles. The third-order valence-electron chi connectivity index (χ3n) is 2.97. The molecule has 6 heteroatoms. The van der Waals surface area contributed by atoms with E-state index in [4.69, 9.17) is 5.73 Å². The number of pyridine rings is 1. The van der Waals surface area contributed by atoms with E-state index in [0.29, 0.717) is 12.2 Å². The van der Waals surface area contributed by atoms with E-state index in [1.807, 2.05) is 37.1 Å². The second-order valence-electron chi connectivity index (χ2n) is 4.53. The van der Waals surface area contributed by atoms with Crippen LogP contribution < -0.4 is 16.0 Å². The number of anilines is 2. The molecule has 3 N–H and O–H groups in total. The van der Waals surface area contributed by atoms with Crippen molar-refractivity contribution in [3.05, 3.63) is 28.9 Å². The van der Waals surface area contributed by atoms with E-state index in [9.17, 15) is 4.79 Å². The van der Waals surface area contributed by atoms with Crippen LogP contribution in [-0.4, -0.2) is 31.0 Å². The van der Waals surface area contributed by atoms with Gasteiger partial charge in [0.2, 0.25) is 5.91 Å². The lowest BCUT2D eigenvalue weighted by Gasteiger charge is -2.22. The lowest BCUT2D eigenvalue weighted by molar-refractivity contribution is -0.119. The summed E-state index contributed by atoms with van der Waals surface area (Å²) in [5.74, 6) is -0.0330. The van der Waals surface area contributed by atoms with Crippen molar-refractivity contribution < 1.29 is 4.79 Å². The molecule has 0 spiro atoms. The van der Waals surface area contributed by atoms with Crippen molar-refractivity contribution in [2.75, 3.05) is 30.8 Å². The normalized spacial score (nSPS) is 10.6. The molecule has 1 heterocycles. The molecule has 1 aromatic heterocycles. The van der Waals surface area contributed by atoms with Crippen LogP contribution in [0.4, 0.5) is 11.4 Å². The minimum atomic E-state index is -0.0330. The zero-order chi connectivity index (χ0) is 14.7. The van der Waals surface area contributed by atoms with Gasteiger partial charge in [-0.15, -0.1) is 0 Å². The zero-order valence-electron chi connectivity index (χ0n) is 11.5. The summed E-state index contributed by atoms with van der Waals surface area (Å²) in [5, 5.41) is 3.70. The Morgan fingerprint density at radius 3 is 2.95 bits per heavy atom. The van der Waals surface area contributed by atoms with Crippen LogP contribution in [0.1, 0.15) is 6.92 Å². The van der Waals surface area contributed by atoms with Crippen molar-refractivity contribution in [1.29, 1.82) is 0 Å². The maximum absolute atomic E-state index is 11.7. The molecular weight excluding hydrogens is 320 g/mol. The van der Waals surface area contributed by atoms with Crippen LogP contribution in [0.5, 0.6) is 0 Å². The highest BCUT2D eigenvalue weighted by Gasteiger charge is 2.14. The average molecular weight is 337 g/mol. The van der Waals surface area contributed by atoms with Crippen LogP contribution in [0.15, 0.2) is 28.9 Å². The van der Waals surface area contributed by atoms with Gasteiger partial charge in [0.25, 0.3) is 0 Å². The average Bonchev–Trinajstić information content (AvgIpc) is 2.38. The van der Waals surface area contributed by atoms with Gasteiger partial charge in [-0.05, 0) is 25.1 Å². The second kappa shape index (κ2) is 6.09. The van der Waals surface area contributed by atoms with E-state index >= 15 is 0 Å². The highest BCUT2D eigenvalue weighted by atomic mass is 79.9. The number of benzene rings is 1. The Labute approximate surface area is 126 Å². The number of rotatable bonds is 4. The first-order valence-electron chi connectivity index (χ1n) is 6.34. The summed E-state index contributed by atoms with van der Waals surface area (Å²) in [7, 11) is 1.85. The van der Waals surface area contributed by atoms with Gasteiger partial charge >= 0.3 is 0 Å². The number of halogens is 1. The van der Waals surface area contributed by atoms with Crippen LogP contribution in [0, 0.1) is 0 Å². The van der Waals surface area contributed by atoms with Gasteiger partial charge in [0.05, 0.1) is 29.6 Å². The molecule has 0 unspecified atom stereocenters. The molecule has 2 rings (SSSR count). The number of nitrogen functional groups attached to an aromatic ring is 1. The predicted octanol–water partition coefficient (Wildman–Crippen LogP) is 2.15. The van der Waals surface area contributed by atoms with Crippen molar-refractivity contribution in [3.8, 4) is 0 Å². The number of carbonyl (C=O) groups is 1. The molecule has 0 aliphatic rings. The lowest BCUT2D eigenvalue weighted by atomic mass is 10.1. The highest BCUT2D eigenvalue weighted by molar-refractivity contribution is 9.10. The van der Waals surface area contributed by atoms with Crippen LogP contribution in [0.2, 0.25) is 0 Å². The molecular formula is C14H17BrN4O. The molecule has 5 nitrogen and oxygen atoms in total. The summed E-state index contributed by atoms with van der Waals surface area (Å²) in [6.07, 6.45) is 1.62. The van der Waals surface area contributed by atoms with E-state index in [0.717, 1.165) is 21.1 Å². The number of aromatic nitrogens is 1. The SMILES string of the molecule is CCNC(=O)CN(C)c1c(N)cnc2ccc(Br)cc12. The van der Waals surface area contributed by atoms with Crippen molar-refractivity contribution in [2.24, 2.45) is 0 Å². The Balaban J connectivity index is 2.44. The summed E-state index contributed by atoms with van der Waals surface area (Å²) in [6.45, 7) is 2.76. The maximum atomic E-state index is 11.7. The van der Waals surface area contributed by atoms with Crippen LogP contribution >= 0.6 is 15.9 Å². The molecule has 2 aromatic rings. The summed E-state index contributed by atoms with van der Waals surface area (Å²) in [6, 6.07) is 5.81. The van der Waals surface area contributed by atoms with E-state index in [-0.39, 0.29) is 12.5 Å². The van der Waals surface area contributed by atoms with Crippen LogP contribution in [0.25, 0.3) is 10.9 Å². The summed E-state index contributed by atoms with van der Waals surface area (Å²) in [5.41, 5.74) is 8.26. The molecule has 0 aliphatic heterocycles. The quantitative estimate of drug-likeness (QED) is 0.897. The molecule has 0 atom stereocenters. The highest BCUT2D eigenvalue weighted by Crippen LogP contribution is 2.32. The first kappa shape index (κ1) is 14.6. The summed E-state index contributed by atoms with van der Waals surface area (Å²) >= 11 is 3.45. The number of carbonyl (C=O) groups excluding carboxylic acids is 1. The number of amides is 1. The number of fused-ring (bicyclic) bond motifs is 1. The van der Waals surface area contributed by atoms with Gasteiger partial charge in [0, 0.05) is 23.5 Å². The smallest absolute Gasteiger partial charge is 0.239 e. The van der Waals surface area contributed by atoms with Crippen molar-refractivity contribution >= 4 is 44.1 Å². The van der Waals surface area contributed by atoms with Gasteiger partial charge in [0.15, 0.2) is 0 Å². The first-order valence-corrected chi connectivity index (χ1v) is 7.13. The first-order chi connectivity index (χ1) is 9.52. The van der Waals surface area contributed by atoms with Gasteiger partial charge in [-0.25, -0.2) is 0 Å². The minimum absolute atomic E-state index is 0.0330. The number of nitrogens with zero attached hydrogens (tertiary/aromatic N) is 2. The van der Waals surface area contributed by atoms with E-state index in [2.05, 4.69) is 26.2 Å². The van der Waals surface area contributed by atoms with Gasteiger partial charge in [-0.1, -0.05) is 15.9 Å². The second-order valence-corrected chi connectivity index (χ2v) is 5.45. The van der Waals surface area contributed by atoms with Crippen LogP contribution in [-0.2, 0) is 4.79 Å². The molecule has 1 amide bonds. The monoisotopic (exact) mass is 336 g/mol. The molecule has 0 radical (unpaired) electrons. The topological polar surface area (TPSA) is 71.2 Å². The fraction of sp³-hybridized carbons (Fsp3) is 0.286. The Morgan fingerprint density at radius 1 is 1.50 bits per heavy atom. The summed E-state index contributed by atoms with van der Waals surface area (Å²) in [4.78, 5) is 17.9. The molecule has 1 aromatic carbocycles. The Bertz CT molecular complexity index is 639. The summed E-state index contributed by atoms with van der Waals surface area (Å²) < 4.78 is 0.949. The Kier molecular flexibility index (Phi) is 4.44. The van der Waals surface area contributed by atoms with Gasteiger partial charge in [-0.3, -0.25) is 9.78 Å². The number of hydrogen-bond donors (Lipinski definition) is 2. The molecule has 0 saturated carbocycles. The molecule has 20 heavy (non-hydrogen) atoms. The van der Waals surface area contributed by atoms with Gasteiger partial charge < -0.3 is 16.0 Å². The number of likely N-dealkylation sites (N-methyl/N-ethyl adjacent to an activating group) is 2. The van der Waals surface area contributed by atoms with E-state index < -0.39 is 0 Å². The van der Waals surface area contributed by atoms with Gasteiger partial charge in [0.1, 0.15) is 0 Å². The fourth-order valence-corrected chi connectivity index (χ4v) is 2.50. The number of nitrogens with two attached hydrogens (primary N) is 1. The van der Waals surface area contributed by atoms with E-state index in [1.54, 1.807) is 6.20 Å². The van der Waals surface area contributed by atoms with Crippen LogP contribution in [0.3, 0.4) is 0 Å². The zero-order valence-corrected chi connectivity index (χ0v) is 13.1.